The van der Waals surface area contributed by atoms with Crippen LogP contribution in [0.4, 0.5) is 5.69 Å². The predicted molar refractivity (Wildman–Crippen MR) is 186 cm³/mol. The first kappa shape index (κ1) is 33.6. The van der Waals surface area contributed by atoms with Crippen LogP contribution in [0.15, 0.2) is 59.5 Å². The Balaban J connectivity index is 1.23. The number of carbonyl (C=O) groups is 4. The van der Waals surface area contributed by atoms with Gasteiger partial charge in [-0.1, -0.05) is 24.3 Å². The maximum atomic E-state index is 14.2. The molecule has 0 radical (unpaired) electrons. The lowest BCUT2D eigenvalue weighted by atomic mass is 9.81. The largest absolute Gasteiger partial charge is 0.368 e. The Labute approximate surface area is 283 Å². The minimum atomic E-state index is -0.985. The summed E-state index contributed by atoms with van der Waals surface area (Å²) in [6.07, 6.45) is 6.21. The lowest BCUT2D eigenvalue weighted by Gasteiger charge is -2.35. The maximum Gasteiger partial charge on any atom is 0.271 e. The smallest absolute Gasteiger partial charge is 0.271 e. The molecule has 0 spiro atoms. The van der Waals surface area contributed by atoms with Crippen molar-refractivity contribution in [2.24, 2.45) is 23.3 Å². The third-order valence-electron chi connectivity index (χ3n) is 9.87. The van der Waals surface area contributed by atoms with E-state index in [1.165, 1.54) is 4.90 Å². The number of nitrogens with zero attached hydrogens (tertiary/aromatic N) is 2. The fourth-order valence-corrected chi connectivity index (χ4v) is 6.96. The summed E-state index contributed by atoms with van der Waals surface area (Å²) in [7, 11) is 0. The van der Waals surface area contributed by atoms with Gasteiger partial charge in [-0.2, -0.15) is 0 Å². The number of anilines is 1. The lowest BCUT2D eigenvalue weighted by molar-refractivity contribution is -0.127. The van der Waals surface area contributed by atoms with Crippen molar-refractivity contribution in [1.82, 2.24) is 25.8 Å². The molecular formula is C36H42N8O5. The number of benzene rings is 2. The van der Waals surface area contributed by atoms with Crippen LogP contribution in [-0.4, -0.2) is 64.0 Å². The summed E-state index contributed by atoms with van der Waals surface area (Å²) in [6, 6.07) is 12.7. The van der Waals surface area contributed by atoms with E-state index in [1.54, 1.807) is 30.5 Å². The number of carbonyl (C=O) groups excluding carboxylic acids is 4. The fourth-order valence-electron chi connectivity index (χ4n) is 6.96. The Morgan fingerprint density at radius 1 is 1.00 bits per heavy atom. The first-order valence-corrected chi connectivity index (χ1v) is 16.8. The van der Waals surface area contributed by atoms with Crippen molar-refractivity contribution < 1.29 is 19.2 Å². The van der Waals surface area contributed by atoms with E-state index < -0.39 is 23.9 Å². The molecule has 2 aliphatic rings. The van der Waals surface area contributed by atoms with Crippen LogP contribution in [0.3, 0.4) is 0 Å². The van der Waals surface area contributed by atoms with Crippen molar-refractivity contribution in [2.45, 2.75) is 64.0 Å². The molecule has 49 heavy (non-hydrogen) atoms. The number of aryl methyl sites for hydroxylation is 1. The zero-order valence-corrected chi connectivity index (χ0v) is 27.5. The zero-order chi connectivity index (χ0) is 34.7. The average Bonchev–Trinajstić information content (AvgIpc) is 3.48. The van der Waals surface area contributed by atoms with Crippen LogP contribution in [-0.2, 0) is 20.8 Å². The summed E-state index contributed by atoms with van der Waals surface area (Å²) in [5, 5.41) is 11.4. The minimum Gasteiger partial charge on any atom is -0.368 e. The van der Waals surface area contributed by atoms with Crippen molar-refractivity contribution in [3.63, 3.8) is 0 Å². The number of amides is 4. The van der Waals surface area contributed by atoms with Gasteiger partial charge >= 0.3 is 0 Å². The molecule has 0 bridgehead atoms. The van der Waals surface area contributed by atoms with Gasteiger partial charge in [-0.25, -0.2) is 0 Å². The molecule has 4 amide bonds. The monoisotopic (exact) mass is 666 g/mol. The van der Waals surface area contributed by atoms with Crippen LogP contribution in [0.1, 0.15) is 60.1 Å². The van der Waals surface area contributed by atoms with E-state index in [1.807, 2.05) is 31.2 Å². The number of fused-ring (bicyclic) bond motifs is 1. The molecule has 13 nitrogen and oxygen atoms in total. The fraction of sp³-hybridized carbons (Fsp3) is 0.389. The number of H-pyrrole nitrogens is 2. The van der Waals surface area contributed by atoms with Gasteiger partial charge in [0, 0.05) is 36.3 Å². The van der Waals surface area contributed by atoms with E-state index >= 15 is 0 Å². The van der Waals surface area contributed by atoms with Gasteiger partial charge in [-0.15, -0.1) is 0 Å². The Morgan fingerprint density at radius 2 is 1.76 bits per heavy atom. The highest BCUT2D eigenvalue weighted by Crippen LogP contribution is 2.33. The van der Waals surface area contributed by atoms with Gasteiger partial charge in [-0.3, -0.25) is 44.1 Å². The summed E-state index contributed by atoms with van der Waals surface area (Å²) < 4.78 is 0. The molecule has 1 aliphatic carbocycles. The second kappa shape index (κ2) is 14.4. The highest BCUT2D eigenvalue weighted by Gasteiger charge is 2.36. The number of pyridine rings is 1. The third kappa shape index (κ3) is 7.26. The average molecular weight is 667 g/mol. The van der Waals surface area contributed by atoms with E-state index in [0.717, 1.165) is 41.5 Å². The van der Waals surface area contributed by atoms with Crippen LogP contribution >= 0.6 is 0 Å². The van der Waals surface area contributed by atoms with Crippen LogP contribution < -0.4 is 32.6 Å². The van der Waals surface area contributed by atoms with Crippen molar-refractivity contribution in [3.05, 3.63) is 81.9 Å². The standard InChI is InChI=1S/C36H42N8O5/c1-20-15-30(35(48)41-28-3-2-14-39-34(28)47)40-19-27(20)23-8-4-21(5-9-23)16-31(32(38)45)44(36(49)24-10-6-22(18-37)7-11-24)25-12-13-26-29(17-25)42-43-33(26)46/h4-5,8-9,12-13,15,17,19,22,24,28,31H,2-3,6-7,10-11,14,16,18,37H2,1H3,(H2,38,45)(H,39,47)(H,41,48)(H2,42,43,46)/t22?,24?,28-,31+/m1/s1. The summed E-state index contributed by atoms with van der Waals surface area (Å²) >= 11 is 0. The van der Waals surface area contributed by atoms with E-state index in [0.29, 0.717) is 54.9 Å². The third-order valence-corrected chi connectivity index (χ3v) is 9.87. The quantitative estimate of drug-likeness (QED) is 0.149. The molecule has 256 valence electrons. The minimum absolute atomic E-state index is 0.173. The molecule has 6 rings (SSSR count). The number of hydrogen-bond acceptors (Lipinski definition) is 7. The lowest BCUT2D eigenvalue weighted by Crippen LogP contribution is -2.52. The van der Waals surface area contributed by atoms with Gasteiger partial charge in [0.1, 0.15) is 17.8 Å². The van der Waals surface area contributed by atoms with Gasteiger partial charge < -0.3 is 22.1 Å². The first-order chi connectivity index (χ1) is 23.6. The molecule has 1 saturated carbocycles. The van der Waals surface area contributed by atoms with Crippen molar-refractivity contribution in [2.75, 3.05) is 18.0 Å². The second-order valence-electron chi connectivity index (χ2n) is 13.1. The molecule has 2 atom stereocenters. The molecule has 2 aromatic heterocycles. The molecule has 4 aromatic rings. The topological polar surface area (TPSA) is 209 Å². The predicted octanol–water partition coefficient (Wildman–Crippen LogP) is 2.43. The van der Waals surface area contributed by atoms with Crippen LogP contribution in [0.2, 0.25) is 0 Å². The Hall–Kier alpha value is -5.30. The SMILES string of the molecule is Cc1cc(C(=O)N[C@@H]2CCCNC2=O)ncc1-c1ccc(C[C@@H](C(N)=O)N(C(=O)C2CCC(CN)CC2)c2ccc3c(=O)[nH][nH]c3c2)cc1. The number of aromatic nitrogens is 3. The van der Waals surface area contributed by atoms with E-state index in [4.69, 9.17) is 11.5 Å². The van der Waals surface area contributed by atoms with E-state index in [2.05, 4.69) is 25.8 Å². The number of rotatable bonds is 10. The number of aromatic amines is 2. The summed E-state index contributed by atoms with van der Waals surface area (Å²) in [5.74, 6) is -1.32. The number of nitrogens with one attached hydrogen (secondary N) is 4. The second-order valence-corrected chi connectivity index (χ2v) is 13.1. The highest BCUT2D eigenvalue weighted by molar-refractivity contribution is 6.03. The van der Waals surface area contributed by atoms with Crippen LogP contribution in [0.5, 0.6) is 0 Å². The van der Waals surface area contributed by atoms with Gasteiger partial charge in [0.05, 0.1) is 10.9 Å². The van der Waals surface area contributed by atoms with Crippen LogP contribution in [0, 0.1) is 18.8 Å². The summed E-state index contributed by atoms with van der Waals surface area (Å²) in [4.78, 5) is 70.3. The Bertz CT molecular complexity index is 1930. The van der Waals surface area contributed by atoms with Crippen molar-refractivity contribution in [3.8, 4) is 11.1 Å². The Morgan fingerprint density at radius 3 is 2.43 bits per heavy atom. The highest BCUT2D eigenvalue weighted by atomic mass is 16.2. The summed E-state index contributed by atoms with van der Waals surface area (Å²) in [5.41, 5.74) is 16.2. The maximum absolute atomic E-state index is 14.2. The molecular weight excluding hydrogens is 624 g/mol. The van der Waals surface area contributed by atoms with Gasteiger partial charge in [0.2, 0.25) is 17.7 Å². The molecule has 2 fully saturated rings. The molecule has 1 saturated heterocycles. The van der Waals surface area contributed by atoms with E-state index in [-0.39, 0.29) is 35.4 Å². The molecule has 3 heterocycles. The molecule has 0 unspecified atom stereocenters. The van der Waals surface area contributed by atoms with E-state index in [9.17, 15) is 24.0 Å². The zero-order valence-electron chi connectivity index (χ0n) is 27.5. The van der Waals surface area contributed by atoms with Crippen molar-refractivity contribution in [1.29, 1.82) is 0 Å². The number of nitrogens with two attached hydrogens (primary N) is 2. The number of primary amides is 1. The van der Waals surface area contributed by atoms with Crippen molar-refractivity contribution >= 4 is 40.2 Å². The number of piperidine rings is 1. The molecule has 13 heteroatoms. The first-order valence-electron chi connectivity index (χ1n) is 16.8. The van der Waals surface area contributed by atoms with Crippen LogP contribution in [0.25, 0.3) is 22.0 Å². The normalized spacial score (nSPS) is 20.0. The molecule has 1 aliphatic heterocycles. The van der Waals surface area contributed by atoms with Gasteiger partial charge in [0.15, 0.2) is 0 Å². The Kier molecular flexibility index (Phi) is 9.90. The molecule has 2 aromatic carbocycles. The molecule has 8 N–H and O–H groups in total. The van der Waals surface area contributed by atoms with Gasteiger partial charge in [0.25, 0.3) is 11.5 Å². The summed E-state index contributed by atoms with van der Waals surface area (Å²) in [6.45, 7) is 3.08. The van der Waals surface area contributed by atoms with Gasteiger partial charge in [-0.05, 0) is 98.9 Å². The number of hydrogen-bond donors (Lipinski definition) is 6.